The van der Waals surface area contributed by atoms with Gasteiger partial charge in [-0.1, -0.05) is 37.4 Å². The molecule has 194 valence electrons. The van der Waals surface area contributed by atoms with Crippen LogP contribution in [0, 0.1) is 5.92 Å². The first-order valence-electron chi connectivity index (χ1n) is 12.6. The van der Waals surface area contributed by atoms with Crippen LogP contribution in [0.25, 0.3) is 20.4 Å². The van der Waals surface area contributed by atoms with E-state index < -0.39 is 0 Å². The van der Waals surface area contributed by atoms with Gasteiger partial charge in [-0.05, 0) is 50.8 Å². The van der Waals surface area contributed by atoms with Gasteiger partial charge in [-0.25, -0.2) is 15.0 Å². The van der Waals surface area contributed by atoms with Crippen molar-refractivity contribution in [1.29, 1.82) is 0 Å². The summed E-state index contributed by atoms with van der Waals surface area (Å²) in [6.07, 6.45) is 5.95. The molecule has 0 unspecified atom stereocenters. The van der Waals surface area contributed by atoms with Crippen LogP contribution in [0.15, 0.2) is 10.2 Å². The second kappa shape index (κ2) is 10.7. The van der Waals surface area contributed by atoms with E-state index >= 15 is 0 Å². The van der Waals surface area contributed by atoms with Crippen molar-refractivity contribution in [2.45, 2.75) is 81.9 Å². The van der Waals surface area contributed by atoms with Gasteiger partial charge in [0.05, 0.1) is 34.3 Å². The van der Waals surface area contributed by atoms with Crippen LogP contribution in [0.1, 0.15) is 57.4 Å². The van der Waals surface area contributed by atoms with Gasteiger partial charge in [0, 0.05) is 36.2 Å². The van der Waals surface area contributed by atoms with Gasteiger partial charge in [0.25, 0.3) is 0 Å². The zero-order valence-electron chi connectivity index (χ0n) is 21.6. The number of nitrogens with zero attached hydrogens (tertiary/aromatic N) is 3. The predicted octanol–water partition coefficient (Wildman–Crippen LogP) is 5.40. The smallest absolute Gasteiger partial charge is 0.230 e. The summed E-state index contributed by atoms with van der Waals surface area (Å²) >= 11 is 4.65. The van der Waals surface area contributed by atoms with E-state index in [0.29, 0.717) is 24.8 Å². The molecular weight excluding hydrogens is 513 g/mol. The summed E-state index contributed by atoms with van der Waals surface area (Å²) in [5.41, 5.74) is 4.39. The number of hydrogen-bond acceptors (Lipinski definition) is 9. The Kier molecular flexibility index (Phi) is 7.79. The third-order valence-electron chi connectivity index (χ3n) is 6.60. The molecule has 0 radical (unpaired) electrons. The third-order valence-corrected chi connectivity index (χ3v) is 9.33. The van der Waals surface area contributed by atoms with E-state index in [9.17, 15) is 4.79 Å². The van der Waals surface area contributed by atoms with Gasteiger partial charge in [-0.15, -0.1) is 11.3 Å². The molecule has 3 aromatic heterocycles. The molecule has 0 aromatic carbocycles. The van der Waals surface area contributed by atoms with Crippen LogP contribution < -0.4 is 5.32 Å². The van der Waals surface area contributed by atoms with E-state index in [4.69, 9.17) is 24.4 Å². The van der Waals surface area contributed by atoms with Crippen molar-refractivity contribution in [3.63, 3.8) is 0 Å². The van der Waals surface area contributed by atoms with Gasteiger partial charge in [0.2, 0.25) is 5.91 Å². The molecule has 1 fully saturated rings. The molecule has 1 amide bonds. The first kappa shape index (κ1) is 26.2. The number of carbonyl (C=O) groups is 1. The predicted molar refractivity (Wildman–Crippen MR) is 148 cm³/mol. The van der Waals surface area contributed by atoms with E-state index in [1.165, 1.54) is 34.7 Å². The van der Waals surface area contributed by atoms with Crippen LogP contribution in [-0.2, 0) is 33.7 Å². The van der Waals surface area contributed by atoms with Gasteiger partial charge in [0.15, 0.2) is 5.16 Å². The molecule has 5 heterocycles. The molecule has 36 heavy (non-hydrogen) atoms. The molecule has 0 saturated carbocycles. The molecule has 2 aliphatic rings. The maximum atomic E-state index is 12.6. The van der Waals surface area contributed by atoms with Crippen molar-refractivity contribution in [2.75, 3.05) is 25.2 Å². The molecule has 1 atom stereocenters. The maximum absolute atomic E-state index is 12.6. The molecule has 10 heteroatoms. The SMILES string of the molecule is CSc1nc(SCC(=O)NC[C@@H]2CCCO2)c2sc3nc(CC(C)C)c4c(c3c2n1)CC(C)(C)OC4. The molecular formula is C26H34N4O3S3. The van der Waals surface area contributed by atoms with Crippen molar-refractivity contribution >= 4 is 61.2 Å². The van der Waals surface area contributed by atoms with Crippen LogP contribution >= 0.6 is 34.9 Å². The average molecular weight is 547 g/mol. The van der Waals surface area contributed by atoms with Gasteiger partial charge >= 0.3 is 0 Å². The quantitative estimate of drug-likeness (QED) is 0.228. The Balaban J connectivity index is 1.52. The van der Waals surface area contributed by atoms with E-state index in [2.05, 4.69) is 33.0 Å². The minimum absolute atomic E-state index is 0.00250. The number of pyridine rings is 1. The number of hydrogen-bond donors (Lipinski definition) is 1. The van der Waals surface area contributed by atoms with Crippen molar-refractivity contribution in [2.24, 2.45) is 5.92 Å². The maximum Gasteiger partial charge on any atom is 0.230 e. The van der Waals surface area contributed by atoms with Crippen LogP contribution in [0.5, 0.6) is 0 Å². The number of carbonyl (C=O) groups excluding carboxylic acids is 1. The Hall–Kier alpha value is -1.46. The number of nitrogens with one attached hydrogen (secondary N) is 1. The monoisotopic (exact) mass is 546 g/mol. The average Bonchev–Trinajstić information content (AvgIpc) is 3.47. The number of aromatic nitrogens is 3. The number of thioether (sulfide) groups is 2. The Bertz CT molecular complexity index is 1280. The first-order valence-corrected chi connectivity index (χ1v) is 15.6. The van der Waals surface area contributed by atoms with Gasteiger partial charge in [-0.3, -0.25) is 4.79 Å². The zero-order chi connectivity index (χ0) is 25.4. The van der Waals surface area contributed by atoms with Gasteiger partial charge in [-0.2, -0.15) is 0 Å². The fourth-order valence-corrected chi connectivity index (χ4v) is 7.38. The van der Waals surface area contributed by atoms with Gasteiger partial charge < -0.3 is 14.8 Å². The minimum atomic E-state index is -0.237. The number of amides is 1. The van der Waals surface area contributed by atoms with E-state index in [-0.39, 0.29) is 17.6 Å². The molecule has 2 aliphatic heterocycles. The molecule has 1 saturated heterocycles. The summed E-state index contributed by atoms with van der Waals surface area (Å²) in [6, 6.07) is 0. The van der Waals surface area contributed by atoms with Crippen LogP contribution in [0.2, 0.25) is 0 Å². The van der Waals surface area contributed by atoms with Crippen molar-refractivity contribution in [1.82, 2.24) is 20.3 Å². The summed E-state index contributed by atoms with van der Waals surface area (Å²) in [6.45, 7) is 10.7. The molecule has 3 aromatic rings. The Morgan fingerprint density at radius 2 is 2.08 bits per heavy atom. The Morgan fingerprint density at radius 1 is 1.25 bits per heavy atom. The van der Waals surface area contributed by atoms with Gasteiger partial charge in [0.1, 0.15) is 9.86 Å². The number of rotatable bonds is 8. The Morgan fingerprint density at radius 3 is 2.81 bits per heavy atom. The second-order valence-corrected chi connectivity index (χ2v) is 13.3. The van der Waals surface area contributed by atoms with Crippen LogP contribution in [0.4, 0.5) is 0 Å². The molecule has 0 aliphatic carbocycles. The number of fused-ring (bicyclic) bond motifs is 5. The highest BCUT2D eigenvalue weighted by atomic mass is 32.2. The summed E-state index contributed by atoms with van der Waals surface area (Å²) in [7, 11) is 0. The lowest BCUT2D eigenvalue weighted by Gasteiger charge is -2.33. The molecule has 0 bridgehead atoms. The summed E-state index contributed by atoms with van der Waals surface area (Å²) < 4.78 is 12.9. The molecule has 5 rings (SSSR count). The third kappa shape index (κ3) is 5.53. The lowest BCUT2D eigenvalue weighted by Crippen LogP contribution is -2.33. The topological polar surface area (TPSA) is 86.2 Å². The van der Waals surface area contributed by atoms with Crippen LogP contribution in [0.3, 0.4) is 0 Å². The highest BCUT2D eigenvalue weighted by Crippen LogP contribution is 2.43. The summed E-state index contributed by atoms with van der Waals surface area (Å²) in [5, 5.41) is 5.72. The minimum Gasteiger partial charge on any atom is -0.376 e. The van der Waals surface area contributed by atoms with Crippen molar-refractivity contribution < 1.29 is 14.3 Å². The van der Waals surface area contributed by atoms with Crippen LogP contribution in [-0.4, -0.2) is 57.7 Å². The second-order valence-electron chi connectivity index (χ2n) is 10.5. The van der Waals surface area contributed by atoms with Crippen molar-refractivity contribution in [3.05, 3.63) is 16.8 Å². The Labute approximate surface area is 224 Å². The molecule has 1 N–H and O–H groups in total. The summed E-state index contributed by atoms with van der Waals surface area (Å²) in [4.78, 5) is 28.5. The largest absolute Gasteiger partial charge is 0.376 e. The van der Waals surface area contributed by atoms with E-state index in [0.717, 1.165) is 68.6 Å². The van der Waals surface area contributed by atoms with Crippen molar-refractivity contribution in [3.8, 4) is 0 Å². The molecule has 0 spiro atoms. The van der Waals surface area contributed by atoms with E-state index in [1.807, 2.05) is 6.26 Å². The fraction of sp³-hybridized carbons (Fsp3) is 0.615. The summed E-state index contributed by atoms with van der Waals surface area (Å²) in [5.74, 6) is 0.819. The highest BCUT2D eigenvalue weighted by Gasteiger charge is 2.32. The molecule has 7 nitrogen and oxygen atoms in total. The fourth-order valence-electron chi connectivity index (χ4n) is 4.86. The first-order chi connectivity index (χ1) is 17.2. The lowest BCUT2D eigenvalue weighted by atomic mass is 9.88. The highest BCUT2D eigenvalue weighted by molar-refractivity contribution is 8.00. The normalized spacial score (nSPS) is 19.3. The number of ether oxygens (including phenoxy) is 2. The standard InChI is InChI=1S/C26H34N4O3S3/c1-14(2)9-18-17-12-33-26(3,4)10-16(17)20-21-22(36-23(20)28-18)24(30-25(29-21)34-5)35-13-19(31)27-11-15-7-6-8-32-15/h14-15H,6-13H2,1-5H3,(H,27,31)/t15-/m0/s1. The lowest BCUT2D eigenvalue weighted by molar-refractivity contribution is -0.119. The zero-order valence-corrected chi connectivity index (χ0v) is 24.1. The van der Waals surface area contributed by atoms with E-state index in [1.54, 1.807) is 11.3 Å². The number of thiophene rings is 1.